The Morgan fingerprint density at radius 3 is 2.88 bits per heavy atom. The fraction of sp³-hybridized carbons (Fsp3) is 0.636. The molecule has 1 rings (SSSR count). The van der Waals surface area contributed by atoms with Gasteiger partial charge in [-0.3, -0.25) is 4.79 Å². The van der Waals surface area contributed by atoms with Gasteiger partial charge in [0.25, 0.3) is 5.56 Å². The number of aromatic amines is 1. The van der Waals surface area contributed by atoms with E-state index in [0.717, 1.165) is 18.8 Å². The largest absolute Gasteiger partial charge is 0.383 e. The Kier molecular flexibility index (Phi) is 4.98. The minimum Gasteiger partial charge on any atom is -0.383 e. The van der Waals surface area contributed by atoms with Crippen LogP contribution in [-0.2, 0) is 4.74 Å². The standard InChI is InChI=1S/C11H19N3O2/c1-9(2)8-14(4-5-16-3)10-6-11(15)13-12-7-10/h6-7,9H,4-5,8H2,1-3H3,(H,13,15). The number of hydrogen-bond acceptors (Lipinski definition) is 4. The number of methoxy groups -OCH3 is 1. The third-order valence-corrected chi connectivity index (χ3v) is 2.17. The van der Waals surface area contributed by atoms with Gasteiger partial charge in [0.2, 0.25) is 0 Å². The van der Waals surface area contributed by atoms with E-state index in [1.54, 1.807) is 19.4 Å². The molecule has 0 saturated heterocycles. The summed E-state index contributed by atoms with van der Waals surface area (Å²) in [7, 11) is 1.67. The van der Waals surface area contributed by atoms with Crippen molar-refractivity contribution in [2.24, 2.45) is 5.92 Å². The summed E-state index contributed by atoms with van der Waals surface area (Å²) in [6.07, 6.45) is 1.67. The van der Waals surface area contributed by atoms with Gasteiger partial charge < -0.3 is 9.64 Å². The van der Waals surface area contributed by atoms with E-state index >= 15 is 0 Å². The van der Waals surface area contributed by atoms with Crippen molar-refractivity contribution >= 4 is 5.69 Å². The van der Waals surface area contributed by atoms with Crippen LogP contribution >= 0.6 is 0 Å². The summed E-state index contributed by atoms with van der Waals surface area (Å²) in [5, 5.41) is 6.17. The summed E-state index contributed by atoms with van der Waals surface area (Å²) in [5.41, 5.74) is 0.665. The fourth-order valence-electron chi connectivity index (χ4n) is 1.51. The fourth-order valence-corrected chi connectivity index (χ4v) is 1.51. The third kappa shape index (κ3) is 4.02. The van der Waals surface area contributed by atoms with E-state index in [9.17, 15) is 4.79 Å². The lowest BCUT2D eigenvalue weighted by atomic mass is 10.2. The molecule has 0 aliphatic carbocycles. The second-order valence-corrected chi connectivity index (χ2v) is 4.14. The summed E-state index contributed by atoms with van der Waals surface area (Å²) in [4.78, 5) is 13.3. The van der Waals surface area contributed by atoms with Gasteiger partial charge in [-0.2, -0.15) is 5.10 Å². The third-order valence-electron chi connectivity index (χ3n) is 2.17. The number of aromatic nitrogens is 2. The monoisotopic (exact) mass is 225 g/mol. The van der Waals surface area contributed by atoms with Crippen LogP contribution in [0.1, 0.15) is 13.8 Å². The summed E-state index contributed by atoms with van der Waals surface area (Å²) in [5.74, 6) is 0.524. The van der Waals surface area contributed by atoms with Crippen molar-refractivity contribution in [1.82, 2.24) is 10.2 Å². The van der Waals surface area contributed by atoms with Crippen molar-refractivity contribution in [1.29, 1.82) is 0 Å². The van der Waals surface area contributed by atoms with Gasteiger partial charge in [-0.15, -0.1) is 0 Å². The lowest BCUT2D eigenvalue weighted by molar-refractivity contribution is 0.204. The Hall–Kier alpha value is -1.36. The molecule has 1 heterocycles. The van der Waals surface area contributed by atoms with E-state index < -0.39 is 0 Å². The molecule has 0 aliphatic rings. The molecule has 90 valence electrons. The lowest BCUT2D eigenvalue weighted by Crippen LogP contribution is -2.32. The molecule has 0 atom stereocenters. The van der Waals surface area contributed by atoms with Crippen molar-refractivity contribution in [2.45, 2.75) is 13.8 Å². The predicted molar refractivity (Wildman–Crippen MR) is 63.8 cm³/mol. The summed E-state index contributed by atoms with van der Waals surface area (Å²) in [6, 6.07) is 1.56. The van der Waals surface area contributed by atoms with Crippen LogP contribution in [0.4, 0.5) is 5.69 Å². The number of nitrogens with one attached hydrogen (secondary N) is 1. The van der Waals surface area contributed by atoms with Crippen LogP contribution in [0, 0.1) is 5.92 Å². The van der Waals surface area contributed by atoms with Crippen LogP contribution in [0.25, 0.3) is 0 Å². The molecule has 0 aromatic carbocycles. The van der Waals surface area contributed by atoms with Crippen molar-refractivity contribution in [3.8, 4) is 0 Å². The molecule has 16 heavy (non-hydrogen) atoms. The molecule has 1 aromatic heterocycles. The first-order valence-electron chi connectivity index (χ1n) is 5.42. The Morgan fingerprint density at radius 2 is 2.31 bits per heavy atom. The second-order valence-electron chi connectivity index (χ2n) is 4.14. The first kappa shape index (κ1) is 12.7. The maximum Gasteiger partial charge on any atom is 0.266 e. The van der Waals surface area contributed by atoms with E-state index in [1.807, 2.05) is 0 Å². The maximum atomic E-state index is 11.2. The molecule has 0 spiro atoms. The Bertz CT molecular complexity index is 362. The number of hydrogen-bond donors (Lipinski definition) is 1. The highest BCUT2D eigenvalue weighted by molar-refractivity contribution is 5.42. The molecular weight excluding hydrogens is 206 g/mol. The molecule has 5 heteroatoms. The Morgan fingerprint density at radius 1 is 1.56 bits per heavy atom. The zero-order valence-electron chi connectivity index (χ0n) is 10.1. The first-order valence-corrected chi connectivity index (χ1v) is 5.42. The molecule has 1 aromatic rings. The molecule has 1 N–H and O–H groups in total. The molecule has 5 nitrogen and oxygen atoms in total. The van der Waals surface area contributed by atoms with Crippen molar-refractivity contribution in [3.63, 3.8) is 0 Å². The van der Waals surface area contributed by atoms with Gasteiger partial charge in [0.1, 0.15) is 0 Å². The molecule has 0 bridgehead atoms. The van der Waals surface area contributed by atoms with Gasteiger partial charge in [-0.1, -0.05) is 13.8 Å². The highest BCUT2D eigenvalue weighted by Crippen LogP contribution is 2.11. The van der Waals surface area contributed by atoms with E-state index in [0.29, 0.717) is 12.5 Å². The number of rotatable bonds is 6. The SMILES string of the molecule is COCCN(CC(C)C)c1cn[nH]c(=O)c1. The number of nitrogens with zero attached hydrogens (tertiary/aromatic N) is 2. The van der Waals surface area contributed by atoms with Crippen molar-refractivity contribution in [2.75, 3.05) is 31.7 Å². The normalized spacial score (nSPS) is 10.8. The van der Waals surface area contributed by atoms with E-state index in [1.165, 1.54) is 0 Å². The molecule has 0 unspecified atom stereocenters. The Balaban J connectivity index is 2.78. The number of anilines is 1. The average molecular weight is 225 g/mol. The first-order chi connectivity index (χ1) is 7.63. The molecule has 0 amide bonds. The number of H-pyrrole nitrogens is 1. The van der Waals surface area contributed by atoms with Gasteiger partial charge in [0.05, 0.1) is 18.5 Å². The van der Waals surface area contributed by atoms with Crippen LogP contribution in [0.3, 0.4) is 0 Å². The molecule has 0 radical (unpaired) electrons. The van der Waals surface area contributed by atoms with Gasteiger partial charge in [0.15, 0.2) is 0 Å². The van der Waals surface area contributed by atoms with Gasteiger partial charge in [-0.05, 0) is 5.92 Å². The minimum atomic E-state index is -0.177. The van der Waals surface area contributed by atoms with Gasteiger partial charge in [0, 0.05) is 26.3 Å². The highest BCUT2D eigenvalue weighted by atomic mass is 16.5. The smallest absolute Gasteiger partial charge is 0.266 e. The molecule has 0 aliphatic heterocycles. The highest BCUT2D eigenvalue weighted by Gasteiger charge is 2.09. The lowest BCUT2D eigenvalue weighted by Gasteiger charge is -2.25. The quantitative estimate of drug-likeness (QED) is 0.780. The molecule has 0 saturated carbocycles. The van der Waals surface area contributed by atoms with Crippen LogP contribution in [0.5, 0.6) is 0 Å². The van der Waals surface area contributed by atoms with E-state index in [4.69, 9.17) is 4.74 Å². The van der Waals surface area contributed by atoms with Gasteiger partial charge >= 0.3 is 0 Å². The minimum absolute atomic E-state index is 0.177. The second kappa shape index (κ2) is 6.27. The van der Waals surface area contributed by atoms with E-state index in [-0.39, 0.29) is 5.56 Å². The number of ether oxygens (including phenoxy) is 1. The molecule has 0 fully saturated rings. The van der Waals surface area contributed by atoms with Crippen LogP contribution < -0.4 is 10.5 Å². The summed E-state index contributed by atoms with van der Waals surface area (Å²) >= 11 is 0. The maximum absolute atomic E-state index is 11.2. The summed E-state index contributed by atoms with van der Waals surface area (Å²) in [6.45, 7) is 6.56. The zero-order valence-corrected chi connectivity index (χ0v) is 10.1. The predicted octanol–water partition coefficient (Wildman–Crippen LogP) is 0.879. The average Bonchev–Trinajstić information content (AvgIpc) is 2.23. The zero-order chi connectivity index (χ0) is 12.0. The van der Waals surface area contributed by atoms with Crippen LogP contribution in [0.15, 0.2) is 17.1 Å². The van der Waals surface area contributed by atoms with Crippen molar-refractivity contribution < 1.29 is 4.74 Å². The Labute approximate surface area is 95.4 Å². The molecular formula is C11H19N3O2. The van der Waals surface area contributed by atoms with Crippen LogP contribution in [-0.4, -0.2) is 37.0 Å². The van der Waals surface area contributed by atoms with Crippen LogP contribution in [0.2, 0.25) is 0 Å². The van der Waals surface area contributed by atoms with Crippen molar-refractivity contribution in [3.05, 3.63) is 22.6 Å². The topological polar surface area (TPSA) is 58.2 Å². The van der Waals surface area contributed by atoms with Gasteiger partial charge in [-0.25, -0.2) is 5.10 Å². The van der Waals surface area contributed by atoms with E-state index in [2.05, 4.69) is 28.9 Å². The summed E-state index contributed by atoms with van der Waals surface area (Å²) < 4.78 is 5.06.